The van der Waals surface area contributed by atoms with Gasteiger partial charge >= 0.3 is 5.97 Å². The first-order chi connectivity index (χ1) is 6.68. The maximum absolute atomic E-state index is 10.5. The van der Waals surface area contributed by atoms with Gasteiger partial charge in [0.2, 0.25) is 0 Å². The summed E-state index contributed by atoms with van der Waals surface area (Å²) >= 11 is 0. The predicted molar refractivity (Wildman–Crippen MR) is 53.7 cm³/mol. The van der Waals surface area contributed by atoms with Crippen molar-refractivity contribution in [3.8, 4) is 0 Å². The molecule has 0 heterocycles. The maximum Gasteiger partial charge on any atom is 0.303 e. The van der Waals surface area contributed by atoms with Crippen molar-refractivity contribution in [3.05, 3.63) is 12.3 Å². The van der Waals surface area contributed by atoms with Crippen LogP contribution in [0.2, 0.25) is 0 Å². The van der Waals surface area contributed by atoms with E-state index < -0.39 is 0 Å². The first kappa shape index (κ1) is 11.1. The van der Waals surface area contributed by atoms with E-state index in [2.05, 4.69) is 6.58 Å². The molecule has 0 amide bonds. The second-order valence-electron chi connectivity index (χ2n) is 3.70. The molecule has 0 aromatic carbocycles. The van der Waals surface area contributed by atoms with Crippen molar-refractivity contribution < 1.29 is 14.3 Å². The van der Waals surface area contributed by atoms with Crippen LogP contribution in [-0.2, 0) is 14.3 Å². The molecule has 1 saturated carbocycles. The van der Waals surface area contributed by atoms with Crippen LogP contribution in [0.1, 0.15) is 39.0 Å². The lowest BCUT2D eigenvalue weighted by Gasteiger charge is -2.23. The van der Waals surface area contributed by atoms with Gasteiger partial charge in [0.05, 0.1) is 6.10 Å². The SMILES string of the molecule is C=C(COC(C)=O)OC1CCCCC1. The molecule has 0 N–H and O–H groups in total. The second-order valence-corrected chi connectivity index (χ2v) is 3.70. The van der Waals surface area contributed by atoms with E-state index in [4.69, 9.17) is 9.47 Å². The summed E-state index contributed by atoms with van der Waals surface area (Å²) < 4.78 is 10.4. The number of ether oxygens (including phenoxy) is 2. The van der Waals surface area contributed by atoms with Crippen LogP contribution in [0.4, 0.5) is 0 Å². The Labute approximate surface area is 85.1 Å². The summed E-state index contributed by atoms with van der Waals surface area (Å²) in [6.07, 6.45) is 6.23. The van der Waals surface area contributed by atoms with Crippen LogP contribution in [0.25, 0.3) is 0 Å². The third-order valence-corrected chi connectivity index (χ3v) is 2.32. The van der Waals surface area contributed by atoms with Gasteiger partial charge in [-0.1, -0.05) is 13.0 Å². The van der Waals surface area contributed by atoms with Crippen molar-refractivity contribution in [2.24, 2.45) is 0 Å². The van der Waals surface area contributed by atoms with E-state index in [0.29, 0.717) is 5.76 Å². The molecule has 3 nitrogen and oxygen atoms in total. The summed E-state index contributed by atoms with van der Waals surface area (Å²) in [6.45, 7) is 5.29. The topological polar surface area (TPSA) is 35.5 Å². The second kappa shape index (κ2) is 5.68. The van der Waals surface area contributed by atoms with Gasteiger partial charge in [0.15, 0.2) is 0 Å². The van der Waals surface area contributed by atoms with Crippen LogP contribution in [0.5, 0.6) is 0 Å². The highest BCUT2D eigenvalue weighted by Gasteiger charge is 2.15. The van der Waals surface area contributed by atoms with Crippen molar-refractivity contribution in [1.82, 2.24) is 0 Å². The normalized spacial score (nSPS) is 17.5. The van der Waals surface area contributed by atoms with Gasteiger partial charge in [-0.25, -0.2) is 0 Å². The Morgan fingerprint density at radius 2 is 2.00 bits per heavy atom. The van der Waals surface area contributed by atoms with Crippen molar-refractivity contribution in [3.63, 3.8) is 0 Å². The Morgan fingerprint density at radius 1 is 1.36 bits per heavy atom. The monoisotopic (exact) mass is 198 g/mol. The van der Waals surface area contributed by atoms with E-state index in [1.807, 2.05) is 0 Å². The molecular weight excluding hydrogens is 180 g/mol. The van der Waals surface area contributed by atoms with Crippen LogP contribution in [0.3, 0.4) is 0 Å². The van der Waals surface area contributed by atoms with Gasteiger partial charge in [-0.2, -0.15) is 0 Å². The molecule has 0 aliphatic heterocycles. The Kier molecular flexibility index (Phi) is 4.50. The number of hydrogen-bond acceptors (Lipinski definition) is 3. The summed E-state index contributed by atoms with van der Waals surface area (Å²) in [7, 11) is 0. The van der Waals surface area contributed by atoms with Crippen LogP contribution < -0.4 is 0 Å². The lowest BCUT2D eigenvalue weighted by molar-refractivity contribution is -0.141. The molecule has 1 aliphatic rings. The van der Waals surface area contributed by atoms with Gasteiger partial charge in [0.25, 0.3) is 0 Å². The van der Waals surface area contributed by atoms with Gasteiger partial charge < -0.3 is 9.47 Å². The van der Waals surface area contributed by atoms with Crippen LogP contribution in [-0.4, -0.2) is 18.7 Å². The van der Waals surface area contributed by atoms with E-state index in [-0.39, 0.29) is 18.7 Å². The molecular formula is C11H18O3. The average molecular weight is 198 g/mol. The third-order valence-electron chi connectivity index (χ3n) is 2.32. The van der Waals surface area contributed by atoms with E-state index in [1.54, 1.807) is 0 Å². The van der Waals surface area contributed by atoms with Crippen molar-refractivity contribution >= 4 is 5.97 Å². The molecule has 3 heteroatoms. The molecule has 0 saturated heterocycles. The molecule has 0 spiro atoms. The molecule has 0 atom stereocenters. The van der Waals surface area contributed by atoms with E-state index in [9.17, 15) is 4.79 Å². The standard InChI is InChI=1S/C11H18O3/c1-9(8-13-10(2)12)14-11-6-4-3-5-7-11/h11H,1,3-8H2,2H3. The Bertz CT molecular complexity index is 205. The molecule has 1 aliphatic carbocycles. The number of esters is 1. The largest absolute Gasteiger partial charge is 0.492 e. The number of rotatable bonds is 4. The number of carbonyl (C=O) groups excluding carboxylic acids is 1. The van der Waals surface area contributed by atoms with E-state index in [1.165, 1.54) is 26.2 Å². The zero-order chi connectivity index (χ0) is 10.4. The van der Waals surface area contributed by atoms with E-state index >= 15 is 0 Å². The summed E-state index contributed by atoms with van der Waals surface area (Å²) in [5.41, 5.74) is 0. The lowest BCUT2D eigenvalue weighted by atomic mass is 9.98. The molecule has 0 aromatic rings. The summed E-state index contributed by atoms with van der Waals surface area (Å²) in [6, 6.07) is 0. The smallest absolute Gasteiger partial charge is 0.303 e. The predicted octanol–water partition coefficient (Wildman–Crippen LogP) is 2.41. The van der Waals surface area contributed by atoms with Gasteiger partial charge in [0.1, 0.15) is 12.4 Å². The maximum atomic E-state index is 10.5. The van der Waals surface area contributed by atoms with E-state index in [0.717, 1.165) is 12.8 Å². The number of carbonyl (C=O) groups is 1. The van der Waals surface area contributed by atoms with Gasteiger partial charge in [-0.05, 0) is 25.7 Å². The quantitative estimate of drug-likeness (QED) is 0.514. The number of hydrogen-bond donors (Lipinski definition) is 0. The van der Waals surface area contributed by atoms with Crippen molar-refractivity contribution in [2.45, 2.75) is 45.1 Å². The average Bonchev–Trinajstić information content (AvgIpc) is 2.16. The molecule has 0 aromatic heterocycles. The lowest BCUT2D eigenvalue weighted by Crippen LogP contribution is -2.18. The zero-order valence-electron chi connectivity index (χ0n) is 8.75. The first-order valence-corrected chi connectivity index (χ1v) is 5.16. The van der Waals surface area contributed by atoms with Gasteiger partial charge in [-0.15, -0.1) is 0 Å². The minimum atomic E-state index is -0.293. The first-order valence-electron chi connectivity index (χ1n) is 5.16. The molecule has 1 rings (SSSR count). The summed E-state index contributed by atoms with van der Waals surface area (Å²) in [5.74, 6) is 0.269. The zero-order valence-corrected chi connectivity index (χ0v) is 8.75. The molecule has 14 heavy (non-hydrogen) atoms. The van der Waals surface area contributed by atoms with Gasteiger partial charge in [0, 0.05) is 6.92 Å². The molecule has 0 bridgehead atoms. The molecule has 1 fully saturated rings. The summed E-state index contributed by atoms with van der Waals surface area (Å²) in [5, 5.41) is 0. The summed E-state index contributed by atoms with van der Waals surface area (Å²) in [4.78, 5) is 10.5. The Hall–Kier alpha value is -0.990. The third kappa shape index (κ3) is 4.30. The van der Waals surface area contributed by atoms with Crippen LogP contribution in [0.15, 0.2) is 12.3 Å². The van der Waals surface area contributed by atoms with Crippen molar-refractivity contribution in [1.29, 1.82) is 0 Å². The molecule has 0 unspecified atom stereocenters. The Morgan fingerprint density at radius 3 is 2.57 bits per heavy atom. The van der Waals surface area contributed by atoms with Crippen molar-refractivity contribution in [2.75, 3.05) is 6.61 Å². The van der Waals surface area contributed by atoms with Gasteiger partial charge in [-0.3, -0.25) is 4.79 Å². The van der Waals surface area contributed by atoms with Crippen LogP contribution >= 0.6 is 0 Å². The highest BCUT2D eigenvalue weighted by atomic mass is 16.6. The fourth-order valence-corrected chi connectivity index (χ4v) is 1.63. The Balaban J connectivity index is 2.15. The van der Waals surface area contributed by atoms with Crippen LogP contribution in [0, 0.1) is 0 Å². The molecule has 0 radical (unpaired) electrons. The minimum absolute atomic E-state index is 0.186. The molecule has 80 valence electrons. The highest BCUT2D eigenvalue weighted by Crippen LogP contribution is 2.21. The highest BCUT2D eigenvalue weighted by molar-refractivity contribution is 5.66. The fraction of sp³-hybridized carbons (Fsp3) is 0.727. The fourth-order valence-electron chi connectivity index (χ4n) is 1.63. The minimum Gasteiger partial charge on any atom is -0.492 e.